The number of anilines is 2. The summed E-state index contributed by atoms with van der Waals surface area (Å²) in [6.45, 7) is 10.5. The van der Waals surface area contributed by atoms with Crippen LogP contribution in [0.3, 0.4) is 0 Å². The Hall–Kier alpha value is -3.83. The molecule has 0 N–H and O–H groups in total. The molecule has 2 aromatic heterocycles. The van der Waals surface area contributed by atoms with Crippen LogP contribution in [0.1, 0.15) is 41.9 Å². The number of halogens is 3. The molecule has 40 heavy (non-hydrogen) atoms. The lowest BCUT2D eigenvalue weighted by Gasteiger charge is -2.43. The predicted molar refractivity (Wildman–Crippen MR) is 144 cm³/mol. The molecule has 214 valence electrons. The van der Waals surface area contributed by atoms with E-state index in [0.29, 0.717) is 50.5 Å². The molecule has 5 rings (SSSR count). The third kappa shape index (κ3) is 5.57. The van der Waals surface area contributed by atoms with E-state index >= 15 is 0 Å². The summed E-state index contributed by atoms with van der Waals surface area (Å²) in [6, 6.07) is 4.87. The normalized spacial score (nSPS) is 17.7. The average Bonchev–Trinajstić information content (AvgIpc) is 3.23. The van der Waals surface area contributed by atoms with Gasteiger partial charge >= 0.3 is 12.2 Å². The van der Waals surface area contributed by atoms with Gasteiger partial charge in [-0.05, 0) is 63.4 Å². The molecule has 1 aromatic carbocycles. The van der Waals surface area contributed by atoms with Gasteiger partial charge in [0.15, 0.2) is 0 Å². The van der Waals surface area contributed by atoms with Crippen molar-refractivity contribution >= 4 is 17.3 Å². The maximum absolute atomic E-state index is 14.0. The Morgan fingerprint density at radius 2 is 1.82 bits per heavy atom. The summed E-state index contributed by atoms with van der Waals surface area (Å²) >= 11 is 0. The zero-order chi connectivity index (χ0) is 28.6. The maximum atomic E-state index is 14.0. The average molecular weight is 558 g/mol. The van der Waals surface area contributed by atoms with Gasteiger partial charge in [-0.1, -0.05) is 0 Å². The fourth-order valence-corrected chi connectivity index (χ4v) is 5.72. The number of rotatable bonds is 6. The van der Waals surface area contributed by atoms with Crippen molar-refractivity contribution in [1.82, 2.24) is 24.6 Å². The highest BCUT2D eigenvalue weighted by Crippen LogP contribution is 2.40. The molecule has 0 spiro atoms. The van der Waals surface area contributed by atoms with Crippen LogP contribution in [0.4, 0.5) is 24.5 Å². The van der Waals surface area contributed by atoms with E-state index in [4.69, 9.17) is 4.74 Å². The molecular formula is C28H34F3N7O2. The molecule has 2 aliphatic rings. The zero-order valence-electron chi connectivity index (χ0n) is 23.2. The van der Waals surface area contributed by atoms with Crippen LogP contribution in [0.5, 0.6) is 6.01 Å². The van der Waals surface area contributed by atoms with Gasteiger partial charge in [0, 0.05) is 50.1 Å². The number of piperazine rings is 1. The minimum Gasteiger partial charge on any atom is -0.464 e. The van der Waals surface area contributed by atoms with Crippen molar-refractivity contribution in [3.05, 3.63) is 58.7 Å². The molecule has 12 heteroatoms. The van der Waals surface area contributed by atoms with Crippen LogP contribution in [0.2, 0.25) is 0 Å². The molecule has 4 heterocycles. The van der Waals surface area contributed by atoms with Crippen LogP contribution in [0.25, 0.3) is 0 Å². The Labute approximate surface area is 231 Å². The van der Waals surface area contributed by atoms with Gasteiger partial charge in [0.2, 0.25) is 5.91 Å². The lowest BCUT2D eigenvalue weighted by Crippen LogP contribution is -2.55. The first-order chi connectivity index (χ1) is 19.0. The predicted octanol–water partition coefficient (Wildman–Crippen LogP) is 4.01. The zero-order valence-corrected chi connectivity index (χ0v) is 23.2. The quantitative estimate of drug-likeness (QED) is 0.453. The van der Waals surface area contributed by atoms with Crippen molar-refractivity contribution in [3.63, 3.8) is 0 Å². The first-order valence-electron chi connectivity index (χ1n) is 13.5. The van der Waals surface area contributed by atoms with Crippen molar-refractivity contribution in [3.8, 4) is 6.01 Å². The SMILES string of the molecule is CCOc1ncc(N2CCc3c(C(F)(F)F)ccc(N4CCN(C(=O)Cn5nc(C)cc5C)C(C)C4)c3C2)cn1. The highest BCUT2D eigenvalue weighted by Gasteiger charge is 2.38. The number of carbonyl (C=O) groups is 1. The first-order valence-corrected chi connectivity index (χ1v) is 13.5. The topological polar surface area (TPSA) is 79.6 Å². The number of benzene rings is 1. The van der Waals surface area contributed by atoms with Crippen LogP contribution in [0, 0.1) is 13.8 Å². The first kappa shape index (κ1) is 27.7. The van der Waals surface area contributed by atoms with E-state index in [1.54, 1.807) is 23.1 Å². The molecule has 1 fully saturated rings. The summed E-state index contributed by atoms with van der Waals surface area (Å²) in [5.41, 5.74) is 3.70. The smallest absolute Gasteiger partial charge is 0.416 e. The van der Waals surface area contributed by atoms with Crippen LogP contribution in [0.15, 0.2) is 30.6 Å². The Balaban J connectivity index is 1.38. The van der Waals surface area contributed by atoms with Gasteiger partial charge in [-0.25, -0.2) is 9.97 Å². The van der Waals surface area contributed by atoms with Gasteiger partial charge in [-0.15, -0.1) is 0 Å². The standard InChI is InChI=1S/C28H34F3N7O2/c1-5-40-27-32-13-21(14-33-27)35-9-8-22-23(16-35)25(7-6-24(22)28(29,30)31)36-10-11-37(20(4)15-36)26(39)17-38-19(3)12-18(2)34-38/h6-7,12-14,20H,5,8-11,15-17H2,1-4H3. The second kappa shape index (κ2) is 11.0. The van der Waals surface area contributed by atoms with Crippen molar-refractivity contribution in [2.24, 2.45) is 0 Å². The van der Waals surface area contributed by atoms with Gasteiger partial charge in [0.25, 0.3) is 0 Å². The van der Waals surface area contributed by atoms with Crippen molar-refractivity contribution in [2.45, 2.75) is 59.4 Å². The van der Waals surface area contributed by atoms with E-state index in [1.807, 2.05) is 43.6 Å². The summed E-state index contributed by atoms with van der Waals surface area (Å²) in [5, 5.41) is 4.40. The summed E-state index contributed by atoms with van der Waals surface area (Å²) in [7, 11) is 0. The van der Waals surface area contributed by atoms with Crippen molar-refractivity contribution in [2.75, 3.05) is 42.6 Å². The number of ether oxygens (including phenoxy) is 1. The van der Waals surface area contributed by atoms with Gasteiger partial charge < -0.3 is 19.4 Å². The number of hydrogen-bond acceptors (Lipinski definition) is 7. The highest BCUT2D eigenvalue weighted by atomic mass is 19.4. The third-order valence-electron chi connectivity index (χ3n) is 7.62. The van der Waals surface area contributed by atoms with Gasteiger partial charge in [-0.2, -0.15) is 18.3 Å². The Morgan fingerprint density at radius 1 is 1.07 bits per heavy atom. The number of fused-ring (bicyclic) bond motifs is 1. The molecule has 0 saturated carbocycles. The Bertz CT molecular complexity index is 1370. The summed E-state index contributed by atoms with van der Waals surface area (Å²) in [6.07, 6.45) is -0.895. The Kier molecular flexibility index (Phi) is 7.61. The van der Waals surface area contributed by atoms with Gasteiger partial charge in [0.1, 0.15) is 6.54 Å². The van der Waals surface area contributed by atoms with Crippen LogP contribution >= 0.6 is 0 Å². The van der Waals surface area contributed by atoms with Gasteiger partial charge in [-0.3, -0.25) is 9.48 Å². The minimum absolute atomic E-state index is 0.0190. The fourth-order valence-electron chi connectivity index (χ4n) is 5.72. The lowest BCUT2D eigenvalue weighted by atomic mass is 9.91. The molecule has 3 aromatic rings. The number of aryl methyl sites for hydroxylation is 2. The van der Waals surface area contributed by atoms with Crippen molar-refractivity contribution < 1.29 is 22.7 Å². The van der Waals surface area contributed by atoms with E-state index in [9.17, 15) is 18.0 Å². The lowest BCUT2D eigenvalue weighted by molar-refractivity contribution is -0.138. The molecule has 0 aliphatic carbocycles. The van der Waals surface area contributed by atoms with E-state index < -0.39 is 11.7 Å². The second-order valence-electron chi connectivity index (χ2n) is 10.4. The number of aromatic nitrogens is 4. The number of carbonyl (C=O) groups excluding carboxylic acids is 1. The number of nitrogens with zero attached hydrogens (tertiary/aromatic N) is 7. The Morgan fingerprint density at radius 3 is 2.45 bits per heavy atom. The van der Waals surface area contributed by atoms with E-state index in [0.717, 1.165) is 22.8 Å². The van der Waals surface area contributed by atoms with E-state index in [1.165, 1.54) is 6.07 Å². The minimum atomic E-state index is -4.44. The van der Waals surface area contributed by atoms with Gasteiger partial charge in [0.05, 0.1) is 35.9 Å². The maximum Gasteiger partial charge on any atom is 0.416 e. The van der Waals surface area contributed by atoms with Crippen LogP contribution in [-0.2, 0) is 30.5 Å². The molecule has 0 radical (unpaired) electrons. The summed E-state index contributed by atoms with van der Waals surface area (Å²) in [5.74, 6) is -0.0190. The molecule has 1 saturated heterocycles. The molecule has 9 nitrogen and oxygen atoms in total. The third-order valence-corrected chi connectivity index (χ3v) is 7.62. The number of alkyl halides is 3. The molecule has 1 amide bonds. The molecule has 1 unspecified atom stereocenters. The highest BCUT2D eigenvalue weighted by molar-refractivity contribution is 5.77. The number of amides is 1. The molecular weight excluding hydrogens is 523 g/mol. The van der Waals surface area contributed by atoms with Crippen LogP contribution in [-0.4, -0.2) is 69.4 Å². The van der Waals surface area contributed by atoms with Crippen LogP contribution < -0.4 is 14.5 Å². The largest absolute Gasteiger partial charge is 0.464 e. The van der Waals surface area contributed by atoms with E-state index in [-0.39, 0.29) is 30.9 Å². The number of hydrogen-bond donors (Lipinski definition) is 0. The second-order valence-corrected chi connectivity index (χ2v) is 10.4. The fraction of sp³-hybridized carbons (Fsp3) is 0.500. The molecule has 2 aliphatic heterocycles. The summed E-state index contributed by atoms with van der Waals surface area (Å²) in [4.78, 5) is 27.5. The molecule has 1 atom stereocenters. The monoisotopic (exact) mass is 557 g/mol. The van der Waals surface area contributed by atoms with E-state index in [2.05, 4.69) is 20.0 Å². The van der Waals surface area contributed by atoms with Crippen molar-refractivity contribution in [1.29, 1.82) is 0 Å². The summed E-state index contributed by atoms with van der Waals surface area (Å²) < 4.78 is 49.0. The molecule has 0 bridgehead atoms.